The molecule has 2 rings (SSSR count). The zero-order valence-electron chi connectivity index (χ0n) is 9.25. The first kappa shape index (κ1) is 13.2. The number of aromatic nitrogens is 2. The molecule has 0 saturated carbocycles. The summed E-state index contributed by atoms with van der Waals surface area (Å²) in [6, 6.07) is 4.27. The predicted molar refractivity (Wildman–Crippen MR) is 73.5 cm³/mol. The minimum atomic E-state index is -0.390. The second-order valence-corrected chi connectivity index (χ2v) is 5.01. The van der Waals surface area contributed by atoms with Gasteiger partial charge in [0.1, 0.15) is 28.2 Å². The zero-order valence-corrected chi connectivity index (χ0v) is 12.4. The zero-order chi connectivity index (χ0) is 13.1. The van der Waals surface area contributed by atoms with E-state index in [4.69, 9.17) is 4.74 Å². The number of nitrogens with zero attached hydrogens (tertiary/aromatic N) is 2. The molecule has 1 heterocycles. The minimum absolute atomic E-state index is 0.312. The van der Waals surface area contributed by atoms with Gasteiger partial charge in [0.05, 0.1) is 0 Å². The Morgan fingerprint density at radius 1 is 1.22 bits per heavy atom. The van der Waals surface area contributed by atoms with Gasteiger partial charge in [0.15, 0.2) is 0 Å². The topological polar surface area (TPSA) is 47.0 Å². The molecule has 0 bridgehead atoms. The van der Waals surface area contributed by atoms with Gasteiger partial charge in [0.2, 0.25) is 5.88 Å². The van der Waals surface area contributed by atoms with E-state index >= 15 is 0 Å². The highest BCUT2D eigenvalue weighted by Crippen LogP contribution is 2.32. The number of hydrogen-bond acceptors (Lipinski definition) is 4. The van der Waals surface area contributed by atoms with Crippen molar-refractivity contribution in [2.75, 3.05) is 12.4 Å². The van der Waals surface area contributed by atoms with E-state index in [0.717, 1.165) is 0 Å². The summed E-state index contributed by atoms with van der Waals surface area (Å²) >= 11 is 6.51. The molecule has 0 fully saturated rings. The normalized spacial score (nSPS) is 10.2. The molecule has 1 aromatic heterocycles. The molecule has 4 nitrogen and oxygen atoms in total. The maximum Gasteiger partial charge on any atom is 0.238 e. The van der Waals surface area contributed by atoms with E-state index < -0.39 is 5.82 Å². The van der Waals surface area contributed by atoms with Crippen molar-refractivity contribution in [2.24, 2.45) is 0 Å². The summed E-state index contributed by atoms with van der Waals surface area (Å²) in [5, 5.41) is 2.88. The van der Waals surface area contributed by atoms with Crippen LogP contribution >= 0.6 is 31.9 Å². The van der Waals surface area contributed by atoms with Gasteiger partial charge in [0, 0.05) is 17.6 Å². The number of benzene rings is 1. The van der Waals surface area contributed by atoms with Crippen LogP contribution in [0.1, 0.15) is 0 Å². The lowest BCUT2D eigenvalue weighted by molar-refractivity contribution is 0.453. The van der Waals surface area contributed by atoms with Crippen molar-refractivity contribution in [3.63, 3.8) is 0 Å². The first-order valence-corrected chi connectivity index (χ1v) is 6.51. The Kier molecular flexibility index (Phi) is 4.13. The van der Waals surface area contributed by atoms with Crippen molar-refractivity contribution in [2.45, 2.75) is 0 Å². The van der Waals surface area contributed by atoms with Gasteiger partial charge in [-0.2, -0.15) is 0 Å². The van der Waals surface area contributed by atoms with Crippen LogP contribution in [-0.4, -0.2) is 17.0 Å². The molecule has 0 unspecified atom stereocenters. The summed E-state index contributed by atoms with van der Waals surface area (Å²) in [5.41, 5.74) is 0. The highest BCUT2D eigenvalue weighted by Gasteiger charge is 2.10. The molecule has 0 radical (unpaired) electrons. The van der Waals surface area contributed by atoms with Crippen molar-refractivity contribution in [1.29, 1.82) is 0 Å². The summed E-state index contributed by atoms with van der Waals surface area (Å²) in [6.45, 7) is 0. The lowest BCUT2D eigenvalue weighted by Gasteiger charge is -2.09. The van der Waals surface area contributed by atoms with Crippen molar-refractivity contribution in [1.82, 2.24) is 9.97 Å². The molecule has 7 heteroatoms. The van der Waals surface area contributed by atoms with Gasteiger partial charge >= 0.3 is 0 Å². The number of anilines is 1. The number of ether oxygens (including phenoxy) is 1. The maximum absolute atomic E-state index is 13.2. The first-order valence-electron chi connectivity index (χ1n) is 4.92. The van der Waals surface area contributed by atoms with E-state index in [1.807, 2.05) is 0 Å². The van der Waals surface area contributed by atoms with Crippen molar-refractivity contribution >= 4 is 37.7 Å². The summed E-state index contributed by atoms with van der Waals surface area (Å²) in [4.78, 5) is 7.99. The molecule has 0 aliphatic heterocycles. The molecule has 0 aliphatic carbocycles. The Bertz CT molecular complexity index is 560. The molecule has 18 heavy (non-hydrogen) atoms. The van der Waals surface area contributed by atoms with E-state index in [-0.39, 0.29) is 0 Å². The van der Waals surface area contributed by atoms with Gasteiger partial charge in [0.25, 0.3) is 0 Å². The van der Waals surface area contributed by atoms with E-state index in [0.29, 0.717) is 26.4 Å². The third kappa shape index (κ3) is 2.97. The summed E-state index contributed by atoms with van der Waals surface area (Å²) in [5.74, 6) is 0.865. The molecule has 1 N–H and O–H groups in total. The average molecular weight is 377 g/mol. The van der Waals surface area contributed by atoms with Gasteiger partial charge in [-0.1, -0.05) is 15.9 Å². The SMILES string of the molecule is CNc1ncnc(Oc2cc(F)cc(Br)c2)c1Br. The van der Waals surface area contributed by atoms with Gasteiger partial charge in [-0.15, -0.1) is 0 Å². The standard InChI is InChI=1S/C11H8Br2FN3O/c1-15-10-9(13)11(17-5-16-10)18-8-3-6(12)2-7(14)4-8/h2-5H,1H3,(H,15,16,17). The van der Waals surface area contributed by atoms with Gasteiger partial charge < -0.3 is 10.1 Å². The van der Waals surface area contributed by atoms with Crippen LogP contribution in [-0.2, 0) is 0 Å². The van der Waals surface area contributed by atoms with E-state index in [1.54, 1.807) is 13.1 Å². The first-order chi connectivity index (χ1) is 8.60. The van der Waals surface area contributed by atoms with Crippen LogP contribution in [0.25, 0.3) is 0 Å². The van der Waals surface area contributed by atoms with Gasteiger partial charge in [-0.05, 0) is 28.1 Å². The Hall–Kier alpha value is -1.21. The van der Waals surface area contributed by atoms with Crippen LogP contribution in [0.15, 0.2) is 33.5 Å². The quantitative estimate of drug-likeness (QED) is 0.880. The number of rotatable bonds is 3. The van der Waals surface area contributed by atoms with Crippen LogP contribution in [0, 0.1) is 5.82 Å². The molecule has 0 saturated heterocycles. The lowest BCUT2D eigenvalue weighted by Crippen LogP contribution is -1.97. The van der Waals surface area contributed by atoms with Crippen LogP contribution < -0.4 is 10.1 Å². The third-order valence-electron chi connectivity index (χ3n) is 2.04. The van der Waals surface area contributed by atoms with Crippen LogP contribution in [0.2, 0.25) is 0 Å². The number of hydrogen-bond donors (Lipinski definition) is 1. The molecule has 0 spiro atoms. The molecular weight excluding hydrogens is 369 g/mol. The predicted octanol–water partition coefficient (Wildman–Crippen LogP) is 3.97. The fourth-order valence-corrected chi connectivity index (χ4v) is 2.23. The number of halogens is 3. The molecular formula is C11H8Br2FN3O. The highest BCUT2D eigenvalue weighted by molar-refractivity contribution is 9.11. The average Bonchev–Trinajstić information content (AvgIpc) is 2.30. The second kappa shape index (κ2) is 5.62. The van der Waals surface area contributed by atoms with E-state index in [1.165, 1.54) is 18.5 Å². The lowest BCUT2D eigenvalue weighted by atomic mass is 10.3. The van der Waals surface area contributed by atoms with Crippen molar-refractivity contribution < 1.29 is 9.13 Å². The summed E-state index contributed by atoms with van der Waals surface area (Å²) < 4.78 is 19.9. The third-order valence-corrected chi connectivity index (χ3v) is 3.22. The highest BCUT2D eigenvalue weighted by atomic mass is 79.9. The Morgan fingerprint density at radius 2 is 2.00 bits per heavy atom. The second-order valence-electron chi connectivity index (χ2n) is 3.30. The smallest absolute Gasteiger partial charge is 0.238 e. The molecule has 2 aromatic rings. The van der Waals surface area contributed by atoms with Crippen LogP contribution in [0.4, 0.5) is 10.2 Å². The molecule has 0 amide bonds. The molecule has 0 aliphatic rings. The Balaban J connectivity index is 2.34. The summed E-state index contributed by atoms with van der Waals surface area (Å²) in [7, 11) is 1.73. The van der Waals surface area contributed by atoms with Gasteiger partial charge in [-0.3, -0.25) is 0 Å². The van der Waals surface area contributed by atoms with Gasteiger partial charge in [-0.25, -0.2) is 14.4 Å². The van der Waals surface area contributed by atoms with Crippen LogP contribution in [0.3, 0.4) is 0 Å². The van der Waals surface area contributed by atoms with E-state index in [2.05, 4.69) is 47.1 Å². The fraction of sp³-hybridized carbons (Fsp3) is 0.0909. The fourth-order valence-electron chi connectivity index (χ4n) is 1.30. The monoisotopic (exact) mass is 375 g/mol. The minimum Gasteiger partial charge on any atom is -0.438 e. The van der Waals surface area contributed by atoms with E-state index in [9.17, 15) is 4.39 Å². The largest absolute Gasteiger partial charge is 0.438 e. The van der Waals surface area contributed by atoms with Crippen molar-refractivity contribution in [3.05, 3.63) is 39.3 Å². The molecule has 1 aromatic carbocycles. The summed E-state index contributed by atoms with van der Waals surface area (Å²) in [6.07, 6.45) is 1.36. The molecule has 94 valence electrons. The Labute approximate surface area is 120 Å². The van der Waals surface area contributed by atoms with Crippen LogP contribution in [0.5, 0.6) is 11.6 Å². The number of nitrogens with one attached hydrogen (secondary N) is 1. The van der Waals surface area contributed by atoms with Crippen molar-refractivity contribution in [3.8, 4) is 11.6 Å². The Morgan fingerprint density at radius 3 is 2.67 bits per heavy atom. The molecule has 0 atom stereocenters. The maximum atomic E-state index is 13.2.